The van der Waals surface area contributed by atoms with Crippen molar-refractivity contribution in [3.8, 4) is 0 Å². The van der Waals surface area contributed by atoms with Crippen LogP contribution in [0.5, 0.6) is 0 Å². The van der Waals surface area contributed by atoms with Gasteiger partial charge in [-0.1, -0.05) is 319 Å². The van der Waals surface area contributed by atoms with Crippen LogP contribution in [0.15, 0.2) is 48.6 Å². The third kappa shape index (κ3) is 54.1. The molecule has 1 amide bonds. The van der Waals surface area contributed by atoms with E-state index in [0.717, 1.165) is 44.9 Å². The second-order valence-corrected chi connectivity index (χ2v) is 21.6. The van der Waals surface area contributed by atoms with Gasteiger partial charge < -0.3 is 20.6 Å². The van der Waals surface area contributed by atoms with E-state index < -0.39 is 24.2 Å². The van der Waals surface area contributed by atoms with E-state index in [1.54, 1.807) is 6.08 Å². The molecule has 0 saturated carbocycles. The summed E-state index contributed by atoms with van der Waals surface area (Å²) in [6.07, 6.45) is 80.9. The summed E-state index contributed by atoms with van der Waals surface area (Å²) in [6, 6.07) is -0.816. The van der Waals surface area contributed by atoms with E-state index in [1.165, 1.54) is 270 Å². The Morgan fingerprint density at radius 1 is 0.357 bits per heavy atom. The minimum absolute atomic E-state index is 0.375. The predicted octanol–water partition coefficient (Wildman–Crippen LogP) is 20.0. The molecular formula is C65H123NO4. The predicted molar refractivity (Wildman–Crippen MR) is 310 cm³/mol. The molecule has 0 aromatic carbocycles. The van der Waals surface area contributed by atoms with Gasteiger partial charge in [0.2, 0.25) is 5.91 Å². The van der Waals surface area contributed by atoms with E-state index in [9.17, 15) is 20.1 Å². The monoisotopic (exact) mass is 982 g/mol. The number of aliphatic hydroxyl groups excluding tert-OH is 3. The van der Waals surface area contributed by atoms with Crippen LogP contribution in [-0.4, -0.2) is 46.1 Å². The Kier molecular flexibility index (Phi) is 58.4. The zero-order valence-corrected chi connectivity index (χ0v) is 47.2. The van der Waals surface area contributed by atoms with Gasteiger partial charge in [-0.25, -0.2) is 0 Å². The van der Waals surface area contributed by atoms with Crippen LogP contribution in [0.4, 0.5) is 0 Å². The molecule has 0 saturated heterocycles. The average molecular weight is 983 g/mol. The Hall–Kier alpha value is -1.69. The molecule has 0 aliphatic carbocycles. The highest BCUT2D eigenvalue weighted by atomic mass is 16.3. The molecule has 0 rings (SSSR count). The van der Waals surface area contributed by atoms with Gasteiger partial charge in [0.25, 0.3) is 0 Å². The second-order valence-electron chi connectivity index (χ2n) is 21.6. The highest BCUT2D eigenvalue weighted by Crippen LogP contribution is 2.18. The third-order valence-electron chi connectivity index (χ3n) is 14.6. The van der Waals surface area contributed by atoms with E-state index in [0.29, 0.717) is 6.42 Å². The number of allylic oxidation sites excluding steroid dienone is 7. The van der Waals surface area contributed by atoms with Crippen molar-refractivity contribution in [2.45, 2.75) is 353 Å². The van der Waals surface area contributed by atoms with E-state index in [4.69, 9.17) is 0 Å². The molecule has 0 heterocycles. The first-order valence-electron chi connectivity index (χ1n) is 31.5. The lowest BCUT2D eigenvalue weighted by Gasteiger charge is -2.21. The molecule has 0 fully saturated rings. The summed E-state index contributed by atoms with van der Waals surface area (Å²) in [5.41, 5.74) is 0. The fourth-order valence-electron chi connectivity index (χ4n) is 9.77. The Balaban J connectivity index is 3.52. The molecule has 0 aromatic rings. The summed E-state index contributed by atoms with van der Waals surface area (Å²) in [5.74, 6) is -0.510. The van der Waals surface area contributed by atoms with Crippen LogP contribution < -0.4 is 5.32 Å². The molecule has 3 atom stereocenters. The number of amides is 1. The van der Waals surface area contributed by atoms with Gasteiger partial charge in [0.05, 0.1) is 18.8 Å². The topological polar surface area (TPSA) is 89.8 Å². The fourth-order valence-corrected chi connectivity index (χ4v) is 9.77. The zero-order chi connectivity index (χ0) is 50.7. The molecule has 0 aliphatic heterocycles. The second kappa shape index (κ2) is 59.9. The van der Waals surface area contributed by atoms with E-state index in [1.807, 2.05) is 6.08 Å². The Morgan fingerprint density at radius 3 is 0.957 bits per heavy atom. The van der Waals surface area contributed by atoms with E-state index >= 15 is 0 Å². The molecule has 0 bridgehead atoms. The van der Waals surface area contributed by atoms with E-state index in [-0.39, 0.29) is 6.61 Å². The normalized spacial score (nSPS) is 13.5. The average Bonchev–Trinajstić information content (AvgIpc) is 3.36. The number of rotatable bonds is 58. The number of unbranched alkanes of at least 4 members (excludes halogenated alkanes) is 44. The number of hydrogen-bond donors (Lipinski definition) is 4. The lowest BCUT2D eigenvalue weighted by atomic mass is 10.0. The molecule has 0 radical (unpaired) electrons. The maximum absolute atomic E-state index is 12.6. The Bertz CT molecular complexity index is 1130. The van der Waals surface area contributed by atoms with Crippen molar-refractivity contribution < 1.29 is 20.1 Å². The summed E-state index contributed by atoms with van der Waals surface area (Å²) in [7, 11) is 0. The standard InChI is InChI=1S/C65H123NO4/c1-3-5-7-9-11-13-15-17-19-21-23-24-25-26-27-28-29-30-31-32-33-34-35-36-37-38-39-40-41-42-44-46-48-50-52-54-56-58-60-64(69)65(70)66-62(61-67)63(68)59-57-55-53-51-49-47-45-43-22-20-18-16-14-12-10-8-6-4-2/h29-30,32-33,49,51,57,59,62-64,67-69H,3-28,31,34-48,50,52-56,58,60-61H2,1-2H3,(H,66,70)/b30-29-,33-32-,51-49+,59-57+. The van der Waals surface area contributed by atoms with Crippen molar-refractivity contribution in [3.05, 3.63) is 48.6 Å². The quantitative estimate of drug-likeness (QED) is 0.0361. The number of carbonyl (C=O) groups excluding carboxylic acids is 1. The molecule has 5 heteroatoms. The highest BCUT2D eigenvalue weighted by Gasteiger charge is 2.22. The van der Waals surface area contributed by atoms with Crippen LogP contribution >= 0.6 is 0 Å². The van der Waals surface area contributed by atoms with E-state index in [2.05, 4.69) is 55.6 Å². The lowest BCUT2D eigenvalue weighted by Crippen LogP contribution is -2.48. The summed E-state index contributed by atoms with van der Waals surface area (Å²) >= 11 is 0. The van der Waals surface area contributed by atoms with Gasteiger partial charge in [0.1, 0.15) is 6.10 Å². The summed E-state index contributed by atoms with van der Waals surface area (Å²) in [4.78, 5) is 12.6. The fraction of sp³-hybridized carbons (Fsp3) is 0.862. The molecule has 0 aromatic heterocycles. The summed E-state index contributed by atoms with van der Waals surface area (Å²) < 4.78 is 0. The van der Waals surface area contributed by atoms with Crippen molar-refractivity contribution >= 4 is 5.91 Å². The number of carbonyl (C=O) groups is 1. The zero-order valence-electron chi connectivity index (χ0n) is 47.2. The largest absolute Gasteiger partial charge is 0.394 e. The van der Waals surface area contributed by atoms with Crippen molar-refractivity contribution in [3.63, 3.8) is 0 Å². The first-order chi connectivity index (χ1) is 34.6. The van der Waals surface area contributed by atoms with Crippen LogP contribution in [0.25, 0.3) is 0 Å². The van der Waals surface area contributed by atoms with Crippen molar-refractivity contribution in [2.75, 3.05) is 6.61 Å². The van der Waals surface area contributed by atoms with Gasteiger partial charge in [0, 0.05) is 0 Å². The third-order valence-corrected chi connectivity index (χ3v) is 14.6. The smallest absolute Gasteiger partial charge is 0.249 e. The van der Waals surface area contributed by atoms with Gasteiger partial charge in [-0.3, -0.25) is 4.79 Å². The van der Waals surface area contributed by atoms with Crippen molar-refractivity contribution in [1.82, 2.24) is 5.32 Å². The number of nitrogens with one attached hydrogen (secondary N) is 1. The van der Waals surface area contributed by atoms with Crippen LogP contribution in [0, 0.1) is 0 Å². The molecular weight excluding hydrogens is 859 g/mol. The molecule has 0 spiro atoms. The van der Waals surface area contributed by atoms with Crippen molar-refractivity contribution in [2.24, 2.45) is 0 Å². The van der Waals surface area contributed by atoms with Gasteiger partial charge in [0.15, 0.2) is 0 Å². The Labute approximate surface area is 437 Å². The van der Waals surface area contributed by atoms with Crippen molar-refractivity contribution in [1.29, 1.82) is 0 Å². The minimum Gasteiger partial charge on any atom is -0.394 e. The van der Waals surface area contributed by atoms with Gasteiger partial charge in [-0.15, -0.1) is 0 Å². The number of hydrogen-bond acceptors (Lipinski definition) is 4. The maximum Gasteiger partial charge on any atom is 0.249 e. The summed E-state index contributed by atoms with van der Waals surface area (Å²) in [5, 5.41) is 33.4. The van der Waals surface area contributed by atoms with Gasteiger partial charge >= 0.3 is 0 Å². The minimum atomic E-state index is -1.11. The molecule has 70 heavy (non-hydrogen) atoms. The molecule has 4 N–H and O–H groups in total. The first kappa shape index (κ1) is 68.3. The molecule has 3 unspecified atom stereocenters. The van der Waals surface area contributed by atoms with Crippen LogP contribution in [0.3, 0.4) is 0 Å². The summed E-state index contributed by atoms with van der Waals surface area (Å²) in [6.45, 7) is 4.20. The van der Waals surface area contributed by atoms with Crippen LogP contribution in [0.1, 0.15) is 335 Å². The molecule has 5 nitrogen and oxygen atoms in total. The van der Waals surface area contributed by atoms with Crippen LogP contribution in [-0.2, 0) is 4.79 Å². The maximum atomic E-state index is 12.6. The Morgan fingerprint density at radius 2 is 0.629 bits per heavy atom. The first-order valence-corrected chi connectivity index (χ1v) is 31.5. The van der Waals surface area contributed by atoms with Gasteiger partial charge in [-0.05, 0) is 64.2 Å². The molecule has 0 aliphatic rings. The molecule has 412 valence electrons. The van der Waals surface area contributed by atoms with Gasteiger partial charge in [-0.2, -0.15) is 0 Å². The number of aliphatic hydroxyl groups is 3. The SMILES string of the molecule is CCCCCCCCCCCCCC/C=C/CC/C=C/C(O)C(CO)NC(=O)C(O)CCCCCCCCCCCCCCCCCC/C=C\C/C=C\CCCCCCCCCCCCCCCCC. The lowest BCUT2D eigenvalue weighted by molar-refractivity contribution is -0.131. The highest BCUT2D eigenvalue weighted by molar-refractivity contribution is 5.80. The van der Waals surface area contributed by atoms with Crippen LogP contribution in [0.2, 0.25) is 0 Å².